The van der Waals surface area contributed by atoms with E-state index in [1.165, 1.54) is 0 Å². The Morgan fingerprint density at radius 1 is 1.38 bits per heavy atom. The van der Waals surface area contributed by atoms with Gasteiger partial charge in [0.25, 0.3) is 0 Å². The summed E-state index contributed by atoms with van der Waals surface area (Å²) in [6.07, 6.45) is 3.15. The fraction of sp³-hybridized carbons (Fsp3) is 0.467. The normalized spacial score (nSPS) is 18.0. The van der Waals surface area contributed by atoms with Gasteiger partial charge in [-0.1, -0.05) is 12.1 Å². The largest absolute Gasteiger partial charge is 0.478 e. The van der Waals surface area contributed by atoms with Gasteiger partial charge in [-0.05, 0) is 37.8 Å². The van der Waals surface area contributed by atoms with Crippen molar-refractivity contribution in [2.45, 2.75) is 32.3 Å². The number of aryl methyl sites for hydroxylation is 1. The van der Waals surface area contributed by atoms with Crippen LogP contribution in [-0.4, -0.2) is 36.4 Å². The predicted molar refractivity (Wildman–Crippen MR) is 78.8 cm³/mol. The van der Waals surface area contributed by atoms with E-state index in [9.17, 15) is 14.7 Å². The van der Waals surface area contributed by atoms with Crippen LogP contribution in [0.3, 0.4) is 0 Å². The van der Waals surface area contributed by atoms with Crippen molar-refractivity contribution < 1.29 is 19.4 Å². The number of hydrogen-bond acceptors (Lipinski definition) is 3. The summed E-state index contributed by atoms with van der Waals surface area (Å²) < 4.78 is 5.52. The molecule has 2 rings (SSSR count). The maximum Gasteiger partial charge on any atom is 0.338 e. The number of aromatic carboxylic acids is 1. The molecule has 3 N–H and O–H groups in total. The van der Waals surface area contributed by atoms with Crippen molar-refractivity contribution >= 4 is 17.7 Å². The summed E-state index contributed by atoms with van der Waals surface area (Å²) in [5, 5.41) is 14.5. The number of carbonyl (C=O) groups excluding carboxylic acids is 1. The highest BCUT2D eigenvalue weighted by Gasteiger charge is 2.17. The Hall–Kier alpha value is -2.08. The highest BCUT2D eigenvalue weighted by atomic mass is 16.5. The Balaban J connectivity index is 1.93. The molecule has 1 aromatic carbocycles. The van der Waals surface area contributed by atoms with Crippen LogP contribution < -0.4 is 10.6 Å². The molecule has 0 saturated carbocycles. The van der Waals surface area contributed by atoms with Crippen LogP contribution in [0.5, 0.6) is 0 Å². The second-order valence-corrected chi connectivity index (χ2v) is 5.13. The van der Waals surface area contributed by atoms with Gasteiger partial charge in [0.15, 0.2) is 0 Å². The van der Waals surface area contributed by atoms with Crippen LogP contribution in [0.15, 0.2) is 18.2 Å². The Morgan fingerprint density at radius 2 is 2.19 bits per heavy atom. The summed E-state index contributed by atoms with van der Waals surface area (Å²) in [6.45, 7) is 2.86. The highest BCUT2D eigenvalue weighted by molar-refractivity contribution is 6.01. The molecule has 21 heavy (non-hydrogen) atoms. The Bertz CT molecular complexity index is 524. The fourth-order valence-electron chi connectivity index (χ4n) is 2.40. The molecule has 1 atom stereocenters. The summed E-state index contributed by atoms with van der Waals surface area (Å²) >= 11 is 0. The zero-order chi connectivity index (χ0) is 15.2. The van der Waals surface area contributed by atoms with Crippen LogP contribution in [0.1, 0.15) is 35.2 Å². The smallest absolute Gasteiger partial charge is 0.338 e. The molecule has 0 radical (unpaired) electrons. The van der Waals surface area contributed by atoms with Crippen LogP contribution in [0.25, 0.3) is 0 Å². The van der Waals surface area contributed by atoms with Gasteiger partial charge >= 0.3 is 12.0 Å². The third-order valence-corrected chi connectivity index (χ3v) is 3.50. The molecule has 1 aromatic rings. The predicted octanol–water partition coefficient (Wildman–Crippen LogP) is 2.38. The van der Waals surface area contributed by atoms with Crippen molar-refractivity contribution in [1.82, 2.24) is 5.32 Å². The lowest BCUT2D eigenvalue weighted by atomic mass is 10.1. The summed E-state index contributed by atoms with van der Waals surface area (Å²) in [5.41, 5.74) is 1.02. The van der Waals surface area contributed by atoms with E-state index in [0.29, 0.717) is 17.8 Å². The molecular formula is C15H20N2O4. The minimum absolute atomic E-state index is 0.0425. The molecule has 1 heterocycles. The van der Waals surface area contributed by atoms with Crippen molar-refractivity contribution in [2.24, 2.45) is 0 Å². The SMILES string of the molecule is Cc1cccc(NC(=O)NCC2CCCCO2)c1C(=O)O. The van der Waals surface area contributed by atoms with Gasteiger partial charge in [-0.15, -0.1) is 0 Å². The topological polar surface area (TPSA) is 87.7 Å². The molecule has 1 fully saturated rings. The number of carbonyl (C=O) groups is 2. The van der Waals surface area contributed by atoms with Gasteiger partial charge in [0.2, 0.25) is 0 Å². The fourth-order valence-corrected chi connectivity index (χ4v) is 2.40. The zero-order valence-corrected chi connectivity index (χ0v) is 12.0. The molecule has 1 saturated heterocycles. The maximum absolute atomic E-state index is 11.9. The molecule has 1 aliphatic heterocycles. The number of anilines is 1. The van der Waals surface area contributed by atoms with Gasteiger partial charge in [-0.25, -0.2) is 9.59 Å². The van der Waals surface area contributed by atoms with Crippen LogP contribution in [-0.2, 0) is 4.74 Å². The molecule has 0 bridgehead atoms. The quantitative estimate of drug-likeness (QED) is 0.795. The van der Waals surface area contributed by atoms with Gasteiger partial charge in [0, 0.05) is 13.2 Å². The Labute approximate surface area is 123 Å². The van der Waals surface area contributed by atoms with Gasteiger partial charge < -0.3 is 20.5 Å². The van der Waals surface area contributed by atoms with E-state index in [1.807, 2.05) is 0 Å². The lowest BCUT2D eigenvalue weighted by Crippen LogP contribution is -2.38. The first-order valence-electron chi connectivity index (χ1n) is 7.07. The minimum Gasteiger partial charge on any atom is -0.478 e. The first-order chi connectivity index (χ1) is 10.1. The van der Waals surface area contributed by atoms with E-state index in [1.54, 1.807) is 25.1 Å². The minimum atomic E-state index is -1.06. The van der Waals surface area contributed by atoms with Gasteiger partial charge in [0.05, 0.1) is 17.4 Å². The number of benzene rings is 1. The van der Waals surface area contributed by atoms with Crippen molar-refractivity contribution in [1.29, 1.82) is 0 Å². The molecular weight excluding hydrogens is 272 g/mol. The summed E-state index contributed by atoms with van der Waals surface area (Å²) in [7, 11) is 0. The molecule has 2 amide bonds. The number of carboxylic acids is 1. The second-order valence-electron chi connectivity index (χ2n) is 5.13. The zero-order valence-electron chi connectivity index (χ0n) is 12.0. The van der Waals surface area contributed by atoms with Gasteiger partial charge in [-0.3, -0.25) is 0 Å². The Morgan fingerprint density at radius 3 is 2.86 bits per heavy atom. The average Bonchev–Trinajstić information content (AvgIpc) is 2.46. The molecule has 6 heteroatoms. The number of nitrogens with one attached hydrogen (secondary N) is 2. The maximum atomic E-state index is 11.9. The monoisotopic (exact) mass is 292 g/mol. The third-order valence-electron chi connectivity index (χ3n) is 3.50. The third kappa shape index (κ3) is 4.19. The van der Waals surface area contributed by atoms with Crippen molar-refractivity contribution in [3.63, 3.8) is 0 Å². The van der Waals surface area contributed by atoms with E-state index in [4.69, 9.17) is 4.74 Å². The van der Waals surface area contributed by atoms with E-state index >= 15 is 0 Å². The van der Waals surface area contributed by atoms with Crippen LogP contribution in [0.4, 0.5) is 10.5 Å². The number of rotatable bonds is 4. The number of urea groups is 1. The van der Waals surface area contributed by atoms with E-state index in [2.05, 4.69) is 10.6 Å². The molecule has 6 nitrogen and oxygen atoms in total. The number of hydrogen-bond donors (Lipinski definition) is 3. The second kappa shape index (κ2) is 7.08. The van der Waals surface area contributed by atoms with Gasteiger partial charge in [0.1, 0.15) is 0 Å². The van der Waals surface area contributed by atoms with Crippen molar-refractivity contribution in [2.75, 3.05) is 18.5 Å². The molecule has 1 unspecified atom stereocenters. The molecule has 114 valence electrons. The van der Waals surface area contributed by atoms with Crippen LogP contribution in [0, 0.1) is 6.92 Å². The first kappa shape index (κ1) is 15.3. The summed E-state index contributed by atoms with van der Waals surface area (Å²) in [5.74, 6) is -1.06. The van der Waals surface area contributed by atoms with E-state index in [0.717, 1.165) is 25.9 Å². The highest BCUT2D eigenvalue weighted by Crippen LogP contribution is 2.19. The molecule has 0 aromatic heterocycles. The molecule has 0 aliphatic carbocycles. The first-order valence-corrected chi connectivity index (χ1v) is 7.07. The lowest BCUT2D eigenvalue weighted by Gasteiger charge is -2.22. The number of ether oxygens (including phenoxy) is 1. The molecule has 0 spiro atoms. The van der Waals surface area contributed by atoms with E-state index in [-0.39, 0.29) is 11.7 Å². The summed E-state index contributed by atoms with van der Waals surface area (Å²) in [6, 6.07) is 4.56. The number of amides is 2. The average molecular weight is 292 g/mol. The van der Waals surface area contributed by atoms with E-state index < -0.39 is 12.0 Å². The van der Waals surface area contributed by atoms with Crippen LogP contribution in [0.2, 0.25) is 0 Å². The van der Waals surface area contributed by atoms with Gasteiger partial charge in [-0.2, -0.15) is 0 Å². The summed E-state index contributed by atoms with van der Waals surface area (Å²) in [4.78, 5) is 23.1. The molecule has 1 aliphatic rings. The van der Waals surface area contributed by atoms with Crippen molar-refractivity contribution in [3.05, 3.63) is 29.3 Å². The standard InChI is InChI=1S/C15H20N2O4/c1-10-5-4-7-12(13(10)14(18)19)17-15(20)16-9-11-6-2-3-8-21-11/h4-5,7,11H,2-3,6,8-9H2,1H3,(H,18,19)(H2,16,17,20). The number of carboxylic acid groups (broad SMARTS) is 1. The lowest BCUT2D eigenvalue weighted by molar-refractivity contribution is 0.0187. The van der Waals surface area contributed by atoms with Crippen LogP contribution >= 0.6 is 0 Å². The Kier molecular flexibility index (Phi) is 5.16. The van der Waals surface area contributed by atoms with Crippen molar-refractivity contribution in [3.8, 4) is 0 Å².